The van der Waals surface area contributed by atoms with Gasteiger partial charge < -0.3 is 14.5 Å². The second-order valence-corrected chi connectivity index (χ2v) is 8.18. The lowest BCUT2D eigenvalue weighted by Crippen LogP contribution is -2.50. The number of benzene rings is 2. The number of ketones is 1. The van der Waals surface area contributed by atoms with Crippen LogP contribution >= 0.6 is 24.0 Å². The van der Waals surface area contributed by atoms with Crippen molar-refractivity contribution < 1.29 is 18.7 Å². The van der Waals surface area contributed by atoms with Crippen LogP contribution in [-0.2, 0) is 5.75 Å². The van der Waals surface area contributed by atoms with E-state index in [0.29, 0.717) is 37.5 Å². The van der Waals surface area contributed by atoms with E-state index in [-0.39, 0.29) is 17.3 Å². The summed E-state index contributed by atoms with van der Waals surface area (Å²) < 4.78 is 19.2. The molecule has 1 heterocycles. The summed E-state index contributed by atoms with van der Waals surface area (Å²) in [6, 6.07) is 13.1. The minimum absolute atomic E-state index is 0.151. The lowest BCUT2D eigenvalue weighted by atomic mass is 10.1. The molecule has 152 valence electrons. The highest BCUT2D eigenvalue weighted by molar-refractivity contribution is 8.22. The number of hydrogen-bond acceptors (Lipinski definition) is 5. The standard InChI is InChI=1S/C21H21FN2O3S2/c1-15(25)18-4-2-3-5-19(18)27-20(26)23-10-12-24(13-11-23)21(28)29-14-16-6-8-17(22)9-7-16/h2-9H,10-14H2,1H3. The van der Waals surface area contributed by atoms with Crippen molar-refractivity contribution in [2.24, 2.45) is 0 Å². The normalized spacial score (nSPS) is 13.9. The second kappa shape index (κ2) is 9.84. The molecule has 5 nitrogen and oxygen atoms in total. The summed E-state index contributed by atoms with van der Waals surface area (Å²) in [5, 5.41) is 0. The van der Waals surface area contributed by atoms with E-state index >= 15 is 0 Å². The van der Waals surface area contributed by atoms with E-state index in [1.54, 1.807) is 41.3 Å². The van der Waals surface area contributed by atoms with Crippen molar-refractivity contribution >= 4 is 40.2 Å². The Labute approximate surface area is 178 Å². The molecule has 2 aromatic carbocycles. The number of Topliss-reactive ketones (excluding diaryl/α,β-unsaturated/α-hetero) is 1. The first-order chi connectivity index (χ1) is 13.9. The van der Waals surface area contributed by atoms with Gasteiger partial charge in [-0.25, -0.2) is 9.18 Å². The molecule has 2 aromatic rings. The molecule has 29 heavy (non-hydrogen) atoms. The molecule has 0 aromatic heterocycles. The zero-order valence-corrected chi connectivity index (χ0v) is 17.6. The van der Waals surface area contributed by atoms with Crippen LogP contribution in [0.5, 0.6) is 5.75 Å². The highest BCUT2D eigenvalue weighted by atomic mass is 32.2. The highest BCUT2D eigenvalue weighted by Crippen LogP contribution is 2.21. The Balaban J connectivity index is 1.48. The molecule has 1 aliphatic rings. The average Bonchev–Trinajstić information content (AvgIpc) is 2.73. The number of nitrogens with zero attached hydrogens (tertiary/aromatic N) is 2. The fourth-order valence-electron chi connectivity index (χ4n) is 2.89. The first kappa shape index (κ1) is 21.3. The molecule has 0 radical (unpaired) electrons. The van der Waals surface area contributed by atoms with Gasteiger partial charge in [0, 0.05) is 31.9 Å². The molecular formula is C21H21FN2O3S2. The molecule has 0 atom stereocenters. The predicted molar refractivity (Wildman–Crippen MR) is 116 cm³/mol. The predicted octanol–water partition coefficient (Wildman–Crippen LogP) is 4.36. The van der Waals surface area contributed by atoms with Gasteiger partial charge in [-0.2, -0.15) is 0 Å². The Morgan fingerprint density at radius 2 is 1.66 bits per heavy atom. The smallest absolute Gasteiger partial charge is 0.409 e. The monoisotopic (exact) mass is 432 g/mol. The summed E-state index contributed by atoms with van der Waals surface area (Å²) in [5.41, 5.74) is 1.39. The zero-order chi connectivity index (χ0) is 20.8. The SMILES string of the molecule is CC(=O)c1ccccc1OC(=O)N1CCN(C(=S)SCc2ccc(F)cc2)CC1. The number of carbonyl (C=O) groups is 2. The Morgan fingerprint density at radius 1 is 1.03 bits per heavy atom. The number of amides is 1. The van der Waals surface area contributed by atoms with Gasteiger partial charge >= 0.3 is 6.09 Å². The van der Waals surface area contributed by atoms with Gasteiger partial charge in [0.15, 0.2) is 5.78 Å². The molecule has 0 spiro atoms. The lowest BCUT2D eigenvalue weighted by Gasteiger charge is -2.35. The van der Waals surface area contributed by atoms with Gasteiger partial charge in [0.05, 0.1) is 5.56 Å². The maximum atomic E-state index is 13.0. The fraction of sp³-hybridized carbons (Fsp3) is 0.286. The summed E-state index contributed by atoms with van der Waals surface area (Å²) in [7, 11) is 0. The van der Waals surface area contributed by atoms with Gasteiger partial charge in [0.2, 0.25) is 0 Å². The number of thioether (sulfide) groups is 1. The Kier molecular flexibility index (Phi) is 7.22. The molecule has 3 rings (SSSR count). The van der Waals surface area contributed by atoms with E-state index in [2.05, 4.69) is 4.90 Å². The maximum absolute atomic E-state index is 13.0. The minimum Gasteiger partial charge on any atom is -0.409 e. The van der Waals surface area contributed by atoms with E-state index in [1.165, 1.54) is 30.8 Å². The maximum Gasteiger partial charge on any atom is 0.415 e. The van der Waals surface area contributed by atoms with Crippen LogP contribution < -0.4 is 4.74 Å². The van der Waals surface area contributed by atoms with Crippen molar-refractivity contribution in [3.05, 3.63) is 65.5 Å². The topological polar surface area (TPSA) is 49.9 Å². The second-order valence-electron chi connectivity index (χ2n) is 6.58. The lowest BCUT2D eigenvalue weighted by molar-refractivity contribution is 0.101. The van der Waals surface area contributed by atoms with E-state index < -0.39 is 6.09 Å². The van der Waals surface area contributed by atoms with Crippen molar-refractivity contribution in [2.45, 2.75) is 12.7 Å². The van der Waals surface area contributed by atoms with Gasteiger partial charge in [-0.05, 0) is 36.8 Å². The Bertz CT molecular complexity index is 897. The van der Waals surface area contributed by atoms with Crippen LogP contribution in [0.3, 0.4) is 0 Å². The van der Waals surface area contributed by atoms with Crippen LogP contribution in [0.15, 0.2) is 48.5 Å². The van der Waals surface area contributed by atoms with E-state index in [4.69, 9.17) is 17.0 Å². The summed E-state index contributed by atoms with van der Waals surface area (Å²) >= 11 is 7.02. The number of rotatable bonds is 4. The first-order valence-corrected chi connectivity index (χ1v) is 10.6. The molecule has 1 amide bonds. The fourth-order valence-corrected chi connectivity index (χ4v) is 4.10. The summed E-state index contributed by atoms with van der Waals surface area (Å²) in [6.07, 6.45) is -0.469. The van der Waals surface area contributed by atoms with Crippen LogP contribution in [0, 0.1) is 5.82 Å². The third-order valence-electron chi connectivity index (χ3n) is 4.54. The number of carbonyl (C=O) groups excluding carboxylic acids is 2. The van der Waals surface area contributed by atoms with Crippen molar-refractivity contribution in [3.63, 3.8) is 0 Å². The molecule has 0 bridgehead atoms. The van der Waals surface area contributed by atoms with Gasteiger partial charge in [0.1, 0.15) is 15.9 Å². The van der Waals surface area contributed by atoms with E-state index in [9.17, 15) is 14.0 Å². The Hall–Kier alpha value is -2.45. The van der Waals surface area contributed by atoms with Crippen LogP contribution in [0.1, 0.15) is 22.8 Å². The average molecular weight is 433 g/mol. The summed E-state index contributed by atoms with van der Waals surface area (Å²) in [6.45, 7) is 3.63. The molecule has 1 saturated heterocycles. The van der Waals surface area contributed by atoms with Gasteiger partial charge in [-0.15, -0.1) is 0 Å². The molecule has 1 aliphatic heterocycles. The number of thiocarbonyl (C=S) groups is 1. The van der Waals surface area contributed by atoms with Crippen molar-refractivity contribution in [3.8, 4) is 5.75 Å². The van der Waals surface area contributed by atoms with Gasteiger partial charge in [-0.1, -0.05) is 48.2 Å². The van der Waals surface area contributed by atoms with Crippen molar-refractivity contribution in [2.75, 3.05) is 26.2 Å². The van der Waals surface area contributed by atoms with Crippen LogP contribution in [-0.4, -0.2) is 52.2 Å². The summed E-state index contributed by atoms with van der Waals surface area (Å²) in [4.78, 5) is 27.8. The minimum atomic E-state index is -0.469. The molecule has 8 heteroatoms. The number of hydrogen-bond donors (Lipinski definition) is 0. The van der Waals surface area contributed by atoms with E-state index in [1.807, 2.05) is 0 Å². The zero-order valence-electron chi connectivity index (χ0n) is 16.0. The summed E-state index contributed by atoms with van der Waals surface area (Å²) in [5.74, 6) is 0.540. The van der Waals surface area contributed by atoms with Crippen molar-refractivity contribution in [1.82, 2.24) is 9.80 Å². The number of ether oxygens (including phenoxy) is 1. The molecule has 0 N–H and O–H groups in total. The van der Waals surface area contributed by atoms with Crippen LogP contribution in [0.4, 0.5) is 9.18 Å². The first-order valence-electron chi connectivity index (χ1n) is 9.17. The third kappa shape index (κ3) is 5.77. The third-order valence-corrected chi connectivity index (χ3v) is 6.13. The molecule has 1 fully saturated rings. The van der Waals surface area contributed by atoms with E-state index in [0.717, 1.165) is 9.88 Å². The quantitative estimate of drug-likeness (QED) is 0.528. The van der Waals surface area contributed by atoms with Gasteiger partial charge in [-0.3, -0.25) is 4.79 Å². The molecular weight excluding hydrogens is 411 g/mol. The number of piperazine rings is 1. The Morgan fingerprint density at radius 3 is 2.31 bits per heavy atom. The highest BCUT2D eigenvalue weighted by Gasteiger charge is 2.25. The van der Waals surface area contributed by atoms with Crippen LogP contribution in [0.2, 0.25) is 0 Å². The molecule has 0 unspecified atom stereocenters. The number of halogens is 1. The number of para-hydroxylation sites is 1. The molecule has 0 aliphatic carbocycles. The van der Waals surface area contributed by atoms with Crippen molar-refractivity contribution in [1.29, 1.82) is 0 Å². The molecule has 0 saturated carbocycles. The van der Waals surface area contributed by atoms with Gasteiger partial charge in [0.25, 0.3) is 0 Å². The van der Waals surface area contributed by atoms with Crippen LogP contribution in [0.25, 0.3) is 0 Å². The largest absolute Gasteiger partial charge is 0.415 e.